The Morgan fingerprint density at radius 3 is 2.23 bits per heavy atom. The van der Waals surface area contributed by atoms with Gasteiger partial charge in [-0.3, -0.25) is 4.79 Å². The SMILES string of the molecule is COc1ccc(S(=O)(=O)N[C@H](C(=O)N2CCCCC2)C(C)C)cc1OC. The van der Waals surface area contributed by atoms with Crippen LogP contribution in [0.15, 0.2) is 23.1 Å². The number of nitrogens with zero attached hydrogens (tertiary/aromatic N) is 1. The summed E-state index contributed by atoms with van der Waals surface area (Å²) in [4.78, 5) is 14.6. The number of methoxy groups -OCH3 is 2. The van der Waals surface area contributed by atoms with Crippen LogP contribution in [0.2, 0.25) is 0 Å². The molecule has 0 aromatic heterocycles. The van der Waals surface area contributed by atoms with E-state index in [2.05, 4.69) is 4.72 Å². The van der Waals surface area contributed by atoms with Crippen LogP contribution >= 0.6 is 0 Å². The van der Waals surface area contributed by atoms with Gasteiger partial charge in [-0.15, -0.1) is 0 Å². The lowest BCUT2D eigenvalue weighted by atomic mass is 10.0. The van der Waals surface area contributed by atoms with Crippen molar-refractivity contribution < 1.29 is 22.7 Å². The van der Waals surface area contributed by atoms with Crippen molar-refractivity contribution in [3.63, 3.8) is 0 Å². The highest BCUT2D eigenvalue weighted by atomic mass is 32.2. The first-order chi connectivity index (χ1) is 12.3. The number of amides is 1. The van der Waals surface area contributed by atoms with E-state index >= 15 is 0 Å². The van der Waals surface area contributed by atoms with E-state index in [1.165, 1.54) is 32.4 Å². The first-order valence-electron chi connectivity index (χ1n) is 8.83. The number of likely N-dealkylation sites (tertiary alicyclic amines) is 1. The fourth-order valence-corrected chi connectivity index (χ4v) is 4.35. The lowest BCUT2D eigenvalue weighted by Gasteiger charge is -2.32. The normalized spacial score (nSPS) is 16.4. The summed E-state index contributed by atoms with van der Waals surface area (Å²) in [7, 11) is -0.953. The van der Waals surface area contributed by atoms with Gasteiger partial charge in [0.2, 0.25) is 15.9 Å². The molecule has 1 aliphatic rings. The predicted molar refractivity (Wildman–Crippen MR) is 98.9 cm³/mol. The van der Waals surface area contributed by atoms with Crippen LogP contribution in [0.3, 0.4) is 0 Å². The Hall–Kier alpha value is -1.80. The molecule has 0 spiro atoms. The highest BCUT2D eigenvalue weighted by molar-refractivity contribution is 7.89. The number of piperidine rings is 1. The molecule has 1 atom stereocenters. The minimum absolute atomic E-state index is 0.0345. The number of sulfonamides is 1. The van der Waals surface area contributed by atoms with Gasteiger partial charge in [0.25, 0.3) is 0 Å². The smallest absolute Gasteiger partial charge is 0.241 e. The quantitative estimate of drug-likeness (QED) is 0.777. The summed E-state index contributed by atoms with van der Waals surface area (Å²) in [5, 5.41) is 0. The first-order valence-corrected chi connectivity index (χ1v) is 10.3. The van der Waals surface area contributed by atoms with Crippen LogP contribution in [0.5, 0.6) is 11.5 Å². The Morgan fingerprint density at radius 1 is 1.08 bits per heavy atom. The predicted octanol–water partition coefficient (Wildman–Crippen LogP) is 2.02. The van der Waals surface area contributed by atoms with Gasteiger partial charge >= 0.3 is 0 Å². The molecular weight excluding hydrogens is 356 g/mol. The van der Waals surface area contributed by atoms with Crippen LogP contribution in [-0.4, -0.2) is 52.6 Å². The summed E-state index contributed by atoms with van der Waals surface area (Å²) >= 11 is 0. The topological polar surface area (TPSA) is 84.9 Å². The molecule has 26 heavy (non-hydrogen) atoms. The van der Waals surface area contributed by atoms with Gasteiger partial charge < -0.3 is 14.4 Å². The average molecular weight is 384 g/mol. The summed E-state index contributed by atoms with van der Waals surface area (Å²) in [5.74, 6) is 0.429. The van der Waals surface area contributed by atoms with E-state index in [0.29, 0.717) is 24.6 Å². The number of rotatable bonds is 7. The molecule has 1 aromatic carbocycles. The van der Waals surface area contributed by atoms with Gasteiger partial charge in [0.05, 0.1) is 19.1 Å². The number of carbonyl (C=O) groups is 1. The van der Waals surface area contributed by atoms with Gasteiger partial charge in [-0.1, -0.05) is 13.8 Å². The van der Waals surface area contributed by atoms with Crippen LogP contribution in [0.1, 0.15) is 33.1 Å². The third-order valence-corrected chi connectivity index (χ3v) is 5.99. The molecule has 2 rings (SSSR count). The molecule has 0 unspecified atom stereocenters. The number of carbonyl (C=O) groups excluding carboxylic acids is 1. The van der Waals surface area contributed by atoms with Crippen molar-refractivity contribution in [3.8, 4) is 11.5 Å². The second-order valence-electron chi connectivity index (χ2n) is 6.75. The number of ether oxygens (including phenoxy) is 2. The minimum atomic E-state index is -3.88. The van der Waals surface area contributed by atoms with Crippen molar-refractivity contribution in [2.45, 2.75) is 44.0 Å². The third kappa shape index (κ3) is 4.67. The Morgan fingerprint density at radius 2 is 1.69 bits per heavy atom. The van der Waals surface area contributed by atoms with Gasteiger partial charge in [-0.25, -0.2) is 8.42 Å². The molecule has 0 aliphatic carbocycles. The first kappa shape index (κ1) is 20.5. The number of benzene rings is 1. The van der Waals surface area contributed by atoms with E-state index in [-0.39, 0.29) is 16.7 Å². The fraction of sp³-hybridized carbons (Fsp3) is 0.611. The molecule has 1 fully saturated rings. The molecule has 0 saturated carbocycles. The largest absolute Gasteiger partial charge is 0.493 e. The van der Waals surface area contributed by atoms with Crippen molar-refractivity contribution in [2.24, 2.45) is 5.92 Å². The maximum Gasteiger partial charge on any atom is 0.241 e. The summed E-state index contributed by atoms with van der Waals surface area (Å²) in [6, 6.07) is 3.56. The van der Waals surface area contributed by atoms with Gasteiger partial charge in [0.15, 0.2) is 11.5 Å². The van der Waals surface area contributed by atoms with Crippen molar-refractivity contribution in [1.82, 2.24) is 9.62 Å². The van der Waals surface area contributed by atoms with E-state index in [0.717, 1.165) is 19.3 Å². The third-order valence-electron chi connectivity index (χ3n) is 4.55. The molecule has 1 N–H and O–H groups in total. The van der Waals surface area contributed by atoms with Gasteiger partial charge in [-0.05, 0) is 37.3 Å². The van der Waals surface area contributed by atoms with Crippen molar-refractivity contribution in [3.05, 3.63) is 18.2 Å². The van der Waals surface area contributed by atoms with Crippen LogP contribution in [0.25, 0.3) is 0 Å². The van der Waals surface area contributed by atoms with E-state index in [1.54, 1.807) is 4.90 Å². The standard InChI is InChI=1S/C18H28N2O5S/c1-13(2)17(18(21)20-10-6-5-7-11-20)19-26(22,23)14-8-9-15(24-3)16(12-14)25-4/h8-9,12-13,17,19H,5-7,10-11H2,1-4H3/t17-/m0/s1. The zero-order valence-electron chi connectivity index (χ0n) is 15.8. The van der Waals surface area contributed by atoms with Crippen molar-refractivity contribution in [1.29, 1.82) is 0 Å². The molecular formula is C18H28N2O5S. The van der Waals surface area contributed by atoms with Gasteiger partial charge in [0, 0.05) is 19.2 Å². The second kappa shape index (κ2) is 8.73. The zero-order valence-corrected chi connectivity index (χ0v) is 16.6. The van der Waals surface area contributed by atoms with Crippen LogP contribution in [-0.2, 0) is 14.8 Å². The molecule has 1 aliphatic heterocycles. The molecule has 1 aromatic rings. The number of nitrogens with one attached hydrogen (secondary N) is 1. The Bertz CT molecular complexity index is 727. The Labute approximate surface area is 155 Å². The van der Waals surface area contributed by atoms with Crippen molar-refractivity contribution in [2.75, 3.05) is 27.3 Å². The fourth-order valence-electron chi connectivity index (χ4n) is 3.00. The summed E-state index contributed by atoms with van der Waals surface area (Å²) in [5.41, 5.74) is 0. The van der Waals surface area contributed by atoms with Crippen molar-refractivity contribution >= 4 is 15.9 Å². The summed E-state index contributed by atoms with van der Waals surface area (Å²) in [6.07, 6.45) is 3.02. The molecule has 0 radical (unpaired) electrons. The molecule has 1 heterocycles. The maximum atomic E-state index is 12.8. The monoisotopic (exact) mass is 384 g/mol. The molecule has 1 saturated heterocycles. The lowest BCUT2D eigenvalue weighted by molar-refractivity contribution is -0.134. The zero-order chi connectivity index (χ0) is 19.3. The van der Waals surface area contributed by atoms with E-state index in [4.69, 9.17) is 9.47 Å². The molecule has 1 amide bonds. The van der Waals surface area contributed by atoms with E-state index in [1.807, 2.05) is 13.8 Å². The highest BCUT2D eigenvalue weighted by Gasteiger charge is 2.32. The number of hydrogen-bond acceptors (Lipinski definition) is 5. The van der Waals surface area contributed by atoms with Crippen LogP contribution in [0.4, 0.5) is 0 Å². The minimum Gasteiger partial charge on any atom is -0.493 e. The van der Waals surface area contributed by atoms with Crippen LogP contribution < -0.4 is 14.2 Å². The Balaban J connectivity index is 2.25. The average Bonchev–Trinajstić information content (AvgIpc) is 2.65. The molecule has 7 nitrogen and oxygen atoms in total. The summed E-state index contributed by atoms with van der Waals surface area (Å²) in [6.45, 7) is 5.04. The van der Waals surface area contributed by atoms with Gasteiger partial charge in [0.1, 0.15) is 6.04 Å². The molecule has 0 bridgehead atoms. The number of hydrogen-bond donors (Lipinski definition) is 1. The molecule has 146 valence electrons. The maximum absolute atomic E-state index is 12.8. The lowest BCUT2D eigenvalue weighted by Crippen LogP contribution is -2.52. The summed E-state index contributed by atoms with van der Waals surface area (Å²) < 4.78 is 38.5. The Kier molecular flexibility index (Phi) is 6.88. The van der Waals surface area contributed by atoms with E-state index in [9.17, 15) is 13.2 Å². The van der Waals surface area contributed by atoms with Gasteiger partial charge in [-0.2, -0.15) is 4.72 Å². The second-order valence-corrected chi connectivity index (χ2v) is 8.46. The van der Waals surface area contributed by atoms with E-state index < -0.39 is 16.1 Å². The highest BCUT2D eigenvalue weighted by Crippen LogP contribution is 2.29. The van der Waals surface area contributed by atoms with Crippen LogP contribution in [0, 0.1) is 5.92 Å². The molecule has 8 heteroatoms.